The Balaban J connectivity index is 2.25. The normalized spacial score (nSPS) is 10.6. The summed E-state index contributed by atoms with van der Waals surface area (Å²) in [6.45, 7) is 1.99. The molecule has 4 nitrogen and oxygen atoms in total. The molecule has 0 spiro atoms. The zero-order chi connectivity index (χ0) is 10.4. The number of nitrogens with zero attached hydrogens (tertiary/aromatic N) is 3. The molecule has 1 aromatic heterocycles. The molecule has 0 atom stereocenters. The van der Waals surface area contributed by atoms with Crippen LogP contribution in [0, 0.1) is 0 Å². The summed E-state index contributed by atoms with van der Waals surface area (Å²) in [5, 5.41) is 11.1. The van der Waals surface area contributed by atoms with E-state index < -0.39 is 0 Å². The lowest BCUT2D eigenvalue weighted by molar-refractivity contribution is 0.405. The van der Waals surface area contributed by atoms with E-state index >= 15 is 0 Å². The van der Waals surface area contributed by atoms with Crippen LogP contribution in [0.2, 0.25) is 5.15 Å². The van der Waals surface area contributed by atoms with Crippen LogP contribution in [0.25, 0.3) is 0 Å². The van der Waals surface area contributed by atoms with E-state index in [9.17, 15) is 0 Å². The fourth-order valence-corrected chi connectivity index (χ4v) is 1.23. The molecule has 0 aliphatic heterocycles. The van der Waals surface area contributed by atoms with Crippen molar-refractivity contribution in [3.8, 4) is 0 Å². The van der Waals surface area contributed by atoms with Crippen LogP contribution in [-0.4, -0.2) is 42.3 Å². The van der Waals surface area contributed by atoms with Crippen LogP contribution in [0.1, 0.15) is 6.42 Å². The third kappa shape index (κ3) is 4.39. The van der Waals surface area contributed by atoms with Gasteiger partial charge in [-0.25, -0.2) is 0 Å². The molecule has 1 aromatic rings. The molecule has 14 heavy (non-hydrogen) atoms. The largest absolute Gasteiger partial charge is 0.384 e. The Labute approximate surface area is 89.3 Å². The highest BCUT2D eigenvalue weighted by Gasteiger charge is 1.95. The van der Waals surface area contributed by atoms with E-state index in [1.165, 1.54) is 0 Å². The Kier molecular flexibility index (Phi) is 4.62. The predicted octanol–water partition coefficient (Wildman–Crippen LogP) is 1.49. The van der Waals surface area contributed by atoms with Gasteiger partial charge in [0.25, 0.3) is 0 Å². The van der Waals surface area contributed by atoms with Crippen LogP contribution >= 0.6 is 11.6 Å². The molecule has 0 saturated heterocycles. The van der Waals surface area contributed by atoms with Crippen molar-refractivity contribution in [1.82, 2.24) is 15.1 Å². The van der Waals surface area contributed by atoms with Crippen molar-refractivity contribution >= 4 is 17.3 Å². The van der Waals surface area contributed by atoms with Crippen molar-refractivity contribution in [2.24, 2.45) is 0 Å². The molecule has 1 rings (SSSR count). The van der Waals surface area contributed by atoms with E-state index in [4.69, 9.17) is 11.6 Å². The first-order valence-corrected chi connectivity index (χ1v) is 4.93. The predicted molar refractivity (Wildman–Crippen MR) is 58.7 cm³/mol. The quantitative estimate of drug-likeness (QED) is 0.755. The van der Waals surface area contributed by atoms with Gasteiger partial charge >= 0.3 is 0 Å². The molecule has 0 aromatic carbocycles. The van der Waals surface area contributed by atoms with Gasteiger partial charge in [0.1, 0.15) is 0 Å². The monoisotopic (exact) mass is 214 g/mol. The number of aromatic nitrogens is 2. The molecule has 0 bridgehead atoms. The second-order valence-corrected chi connectivity index (χ2v) is 3.74. The molecule has 78 valence electrons. The van der Waals surface area contributed by atoms with Crippen LogP contribution in [0.4, 0.5) is 5.69 Å². The van der Waals surface area contributed by atoms with Crippen molar-refractivity contribution in [1.29, 1.82) is 0 Å². The highest BCUT2D eigenvalue weighted by atomic mass is 35.5. The minimum absolute atomic E-state index is 0.419. The number of rotatable bonds is 5. The summed E-state index contributed by atoms with van der Waals surface area (Å²) < 4.78 is 0. The van der Waals surface area contributed by atoms with Crippen LogP contribution in [0.5, 0.6) is 0 Å². The lowest BCUT2D eigenvalue weighted by Crippen LogP contribution is -2.16. The first-order chi connectivity index (χ1) is 6.68. The molecule has 0 aliphatic rings. The summed E-state index contributed by atoms with van der Waals surface area (Å²) in [4.78, 5) is 2.15. The minimum Gasteiger partial charge on any atom is -0.384 e. The second-order valence-electron chi connectivity index (χ2n) is 3.35. The highest BCUT2D eigenvalue weighted by Crippen LogP contribution is 2.09. The van der Waals surface area contributed by atoms with Gasteiger partial charge in [0.15, 0.2) is 5.15 Å². The number of hydrogen-bond acceptors (Lipinski definition) is 4. The summed E-state index contributed by atoms with van der Waals surface area (Å²) in [6, 6.07) is 1.77. The van der Waals surface area contributed by atoms with Gasteiger partial charge in [-0.3, -0.25) is 0 Å². The Morgan fingerprint density at radius 2 is 2.29 bits per heavy atom. The van der Waals surface area contributed by atoms with Crippen LogP contribution in [-0.2, 0) is 0 Å². The zero-order valence-electron chi connectivity index (χ0n) is 8.50. The van der Waals surface area contributed by atoms with Gasteiger partial charge < -0.3 is 10.2 Å². The van der Waals surface area contributed by atoms with Gasteiger partial charge in [0.2, 0.25) is 0 Å². The molecule has 0 radical (unpaired) electrons. The SMILES string of the molecule is CN(C)CCCNc1cnnc(Cl)c1. The Morgan fingerprint density at radius 1 is 1.50 bits per heavy atom. The molecule has 1 N–H and O–H groups in total. The third-order valence-electron chi connectivity index (χ3n) is 1.74. The Hall–Kier alpha value is -0.870. The molecule has 5 heteroatoms. The van der Waals surface area contributed by atoms with Crippen molar-refractivity contribution in [2.75, 3.05) is 32.5 Å². The zero-order valence-corrected chi connectivity index (χ0v) is 9.25. The molecule has 0 fully saturated rings. The molecule has 0 unspecified atom stereocenters. The Morgan fingerprint density at radius 3 is 2.93 bits per heavy atom. The van der Waals surface area contributed by atoms with Gasteiger partial charge in [-0.2, -0.15) is 5.10 Å². The highest BCUT2D eigenvalue weighted by molar-refractivity contribution is 6.29. The molecule has 1 heterocycles. The van der Waals surface area contributed by atoms with Gasteiger partial charge in [0, 0.05) is 12.6 Å². The maximum Gasteiger partial charge on any atom is 0.153 e. The van der Waals surface area contributed by atoms with Crippen LogP contribution < -0.4 is 5.32 Å². The summed E-state index contributed by atoms with van der Waals surface area (Å²) in [6.07, 6.45) is 2.76. The lowest BCUT2D eigenvalue weighted by atomic mass is 10.4. The van der Waals surface area contributed by atoms with E-state index in [-0.39, 0.29) is 0 Å². The molecule has 0 amide bonds. The van der Waals surface area contributed by atoms with Crippen molar-refractivity contribution in [2.45, 2.75) is 6.42 Å². The maximum absolute atomic E-state index is 5.69. The fourth-order valence-electron chi connectivity index (χ4n) is 1.07. The molecule has 0 aliphatic carbocycles. The summed E-state index contributed by atoms with van der Waals surface area (Å²) in [5.41, 5.74) is 0.920. The number of anilines is 1. The third-order valence-corrected chi connectivity index (χ3v) is 1.92. The van der Waals surface area contributed by atoms with Crippen molar-refractivity contribution in [3.63, 3.8) is 0 Å². The Bertz CT molecular complexity index is 277. The van der Waals surface area contributed by atoms with Gasteiger partial charge in [-0.1, -0.05) is 11.6 Å². The standard InChI is InChI=1S/C9H15ClN4/c1-14(2)5-3-4-11-8-6-9(10)13-12-7-8/h6-7H,3-5H2,1-2H3,(H,11,13). The van der Waals surface area contributed by atoms with E-state index in [1.807, 2.05) is 0 Å². The summed E-state index contributed by atoms with van der Waals surface area (Å²) in [5.74, 6) is 0. The van der Waals surface area contributed by atoms with E-state index in [0.29, 0.717) is 5.15 Å². The maximum atomic E-state index is 5.69. The van der Waals surface area contributed by atoms with Crippen molar-refractivity contribution in [3.05, 3.63) is 17.4 Å². The number of hydrogen-bond donors (Lipinski definition) is 1. The molecular weight excluding hydrogens is 200 g/mol. The van der Waals surface area contributed by atoms with Crippen molar-refractivity contribution < 1.29 is 0 Å². The lowest BCUT2D eigenvalue weighted by Gasteiger charge is -2.10. The number of nitrogens with one attached hydrogen (secondary N) is 1. The van der Waals surface area contributed by atoms with Gasteiger partial charge in [0.05, 0.1) is 11.9 Å². The topological polar surface area (TPSA) is 41.0 Å². The first kappa shape index (κ1) is 11.2. The van der Waals surface area contributed by atoms with Crippen LogP contribution in [0.3, 0.4) is 0 Å². The number of halogens is 1. The van der Waals surface area contributed by atoms with E-state index in [0.717, 1.165) is 25.2 Å². The van der Waals surface area contributed by atoms with E-state index in [2.05, 4.69) is 34.5 Å². The smallest absolute Gasteiger partial charge is 0.153 e. The van der Waals surface area contributed by atoms with E-state index in [1.54, 1.807) is 12.3 Å². The fraction of sp³-hybridized carbons (Fsp3) is 0.556. The molecular formula is C9H15ClN4. The van der Waals surface area contributed by atoms with Gasteiger partial charge in [-0.15, -0.1) is 5.10 Å². The minimum atomic E-state index is 0.419. The summed E-state index contributed by atoms with van der Waals surface area (Å²) >= 11 is 5.69. The van der Waals surface area contributed by atoms with Gasteiger partial charge in [-0.05, 0) is 27.1 Å². The average molecular weight is 215 g/mol. The summed E-state index contributed by atoms with van der Waals surface area (Å²) in [7, 11) is 4.12. The second kappa shape index (κ2) is 5.78. The average Bonchev–Trinajstić information content (AvgIpc) is 2.12. The molecule has 0 saturated carbocycles. The first-order valence-electron chi connectivity index (χ1n) is 4.55. The van der Waals surface area contributed by atoms with Crippen LogP contribution in [0.15, 0.2) is 12.3 Å².